The van der Waals surface area contributed by atoms with Gasteiger partial charge in [0.05, 0.1) is 0 Å². The summed E-state index contributed by atoms with van der Waals surface area (Å²) >= 11 is 0. The topological polar surface area (TPSA) is 57.7 Å². The molecule has 0 aliphatic rings. The molecule has 2 aromatic rings. The first-order valence-corrected chi connectivity index (χ1v) is 10.9. The number of hydrogen-bond donors (Lipinski definition) is 0. The van der Waals surface area contributed by atoms with Crippen molar-refractivity contribution in [2.75, 3.05) is 20.6 Å². The molecule has 0 atom stereocenters. The Morgan fingerprint density at radius 1 is 1.00 bits per heavy atom. The van der Waals surface area contributed by atoms with Crippen molar-refractivity contribution in [1.29, 1.82) is 0 Å². The summed E-state index contributed by atoms with van der Waals surface area (Å²) in [5, 5.41) is 0. The van der Waals surface area contributed by atoms with E-state index in [-0.39, 0.29) is 17.9 Å². The second-order valence-corrected chi connectivity index (χ2v) is 9.11. The monoisotopic (exact) mass is 424 g/mol. The number of carbonyl (C=O) groups is 1. The van der Waals surface area contributed by atoms with Crippen LogP contribution in [0.5, 0.6) is 0 Å². The molecule has 0 fully saturated rings. The quantitative estimate of drug-likeness (QED) is 0.571. The molecule has 0 aromatic heterocycles. The summed E-state index contributed by atoms with van der Waals surface area (Å²) in [6, 6.07) is 9.19. The maximum Gasteiger partial charge on any atom is 0.254 e. The van der Waals surface area contributed by atoms with Crippen LogP contribution in [-0.4, -0.2) is 44.2 Å². The van der Waals surface area contributed by atoms with Crippen LogP contribution in [0.25, 0.3) is 0 Å². The molecule has 0 radical (unpaired) electrons. The van der Waals surface area contributed by atoms with Crippen molar-refractivity contribution >= 4 is 15.9 Å². The lowest BCUT2D eigenvalue weighted by Crippen LogP contribution is -2.32. The molecule has 5 nitrogen and oxygen atoms in total. The zero-order chi connectivity index (χ0) is 21.6. The van der Waals surface area contributed by atoms with Gasteiger partial charge in [-0.15, -0.1) is 0 Å². The molecule has 0 spiro atoms. The first-order chi connectivity index (χ1) is 13.7. The zero-order valence-corrected chi connectivity index (χ0v) is 17.7. The zero-order valence-electron chi connectivity index (χ0n) is 16.9. The molecule has 0 heterocycles. The fourth-order valence-corrected chi connectivity index (χ4v) is 3.81. The Morgan fingerprint density at radius 2 is 1.66 bits per heavy atom. The largest absolute Gasteiger partial charge is 0.334 e. The summed E-state index contributed by atoms with van der Waals surface area (Å²) in [6.07, 6.45) is 2.67. The van der Waals surface area contributed by atoms with E-state index in [9.17, 15) is 22.0 Å². The Labute approximate surface area is 171 Å². The Morgan fingerprint density at radius 3 is 2.24 bits per heavy atom. The number of rotatable bonds is 9. The number of amides is 1. The molecular formula is C21H26F2N2O3S. The van der Waals surface area contributed by atoms with Crippen molar-refractivity contribution < 1.29 is 22.0 Å². The number of halogens is 2. The van der Waals surface area contributed by atoms with Crippen LogP contribution in [-0.2, 0) is 16.6 Å². The van der Waals surface area contributed by atoms with Crippen LogP contribution in [0.4, 0.5) is 8.78 Å². The highest BCUT2D eigenvalue weighted by atomic mass is 32.2. The van der Waals surface area contributed by atoms with Gasteiger partial charge >= 0.3 is 0 Å². The van der Waals surface area contributed by atoms with Gasteiger partial charge in [0, 0.05) is 32.7 Å². The molecule has 2 aromatic carbocycles. The summed E-state index contributed by atoms with van der Waals surface area (Å²) in [4.78, 5) is 14.1. The maximum atomic E-state index is 14.2. The van der Waals surface area contributed by atoms with Gasteiger partial charge in [0.25, 0.3) is 5.91 Å². The minimum Gasteiger partial charge on any atom is -0.334 e. The van der Waals surface area contributed by atoms with Gasteiger partial charge in [-0.1, -0.05) is 31.9 Å². The van der Waals surface area contributed by atoms with Gasteiger partial charge in [-0.3, -0.25) is 4.79 Å². The van der Waals surface area contributed by atoms with Gasteiger partial charge in [0.15, 0.2) is 0 Å². The second kappa shape index (κ2) is 9.93. The van der Waals surface area contributed by atoms with E-state index >= 15 is 0 Å². The van der Waals surface area contributed by atoms with E-state index < -0.39 is 26.6 Å². The van der Waals surface area contributed by atoms with E-state index in [2.05, 4.69) is 0 Å². The smallest absolute Gasteiger partial charge is 0.254 e. The third-order valence-corrected chi connectivity index (χ3v) is 6.37. The molecule has 1 amide bonds. The summed E-state index contributed by atoms with van der Waals surface area (Å²) in [5.74, 6) is -1.68. The number of nitrogens with zero attached hydrogens (tertiary/aromatic N) is 2. The van der Waals surface area contributed by atoms with Crippen molar-refractivity contribution in [2.24, 2.45) is 0 Å². The van der Waals surface area contributed by atoms with Crippen LogP contribution >= 0.6 is 0 Å². The number of unbranched alkanes of at least 4 members (excludes halogenated alkanes) is 2. The first-order valence-electron chi connectivity index (χ1n) is 9.42. The van der Waals surface area contributed by atoms with Crippen LogP contribution in [0, 0.1) is 11.6 Å². The van der Waals surface area contributed by atoms with Crippen molar-refractivity contribution in [1.82, 2.24) is 9.21 Å². The first kappa shape index (κ1) is 23.0. The molecule has 0 N–H and O–H groups in total. The van der Waals surface area contributed by atoms with E-state index in [1.807, 2.05) is 6.92 Å². The second-order valence-electron chi connectivity index (χ2n) is 6.99. The predicted octanol–water partition coefficient (Wildman–Crippen LogP) is 4.05. The van der Waals surface area contributed by atoms with Crippen LogP contribution < -0.4 is 0 Å². The number of benzene rings is 2. The molecule has 158 valence electrons. The highest BCUT2D eigenvalue weighted by Crippen LogP contribution is 2.21. The van der Waals surface area contributed by atoms with Crippen LogP contribution in [0.1, 0.15) is 42.1 Å². The molecule has 0 saturated carbocycles. The molecule has 0 unspecified atom stereocenters. The van der Waals surface area contributed by atoms with E-state index in [0.717, 1.165) is 41.3 Å². The number of carbonyl (C=O) groups excluding carboxylic acids is 1. The molecule has 29 heavy (non-hydrogen) atoms. The molecule has 0 saturated heterocycles. The van der Waals surface area contributed by atoms with Gasteiger partial charge in [-0.25, -0.2) is 21.5 Å². The van der Waals surface area contributed by atoms with Gasteiger partial charge in [-0.05, 0) is 42.3 Å². The van der Waals surface area contributed by atoms with Gasteiger partial charge < -0.3 is 4.90 Å². The predicted molar refractivity (Wildman–Crippen MR) is 108 cm³/mol. The third-order valence-electron chi connectivity index (χ3n) is 4.54. The molecule has 0 aliphatic carbocycles. The number of sulfonamides is 1. The standard InChI is InChI=1S/C21H26F2N2O3S/c1-4-5-6-13-25(15-16-7-10-18(22)11-8-16)21(26)17-9-12-19(23)20(14-17)29(27,28)24(2)3/h7-12,14H,4-6,13,15H2,1-3H3. The lowest BCUT2D eigenvalue weighted by molar-refractivity contribution is 0.0739. The molecule has 2 rings (SSSR count). The van der Waals surface area contributed by atoms with E-state index in [1.54, 1.807) is 17.0 Å². The normalized spacial score (nSPS) is 11.7. The van der Waals surface area contributed by atoms with E-state index in [0.29, 0.717) is 6.54 Å². The fraction of sp³-hybridized carbons (Fsp3) is 0.381. The molecular weight excluding hydrogens is 398 g/mol. The van der Waals surface area contributed by atoms with Crippen LogP contribution in [0.15, 0.2) is 47.4 Å². The highest BCUT2D eigenvalue weighted by molar-refractivity contribution is 7.89. The Hall–Kier alpha value is -2.32. The number of hydrogen-bond acceptors (Lipinski definition) is 3. The van der Waals surface area contributed by atoms with Crippen molar-refractivity contribution in [3.8, 4) is 0 Å². The summed E-state index contributed by atoms with van der Waals surface area (Å²) in [5.41, 5.74) is 0.838. The van der Waals surface area contributed by atoms with E-state index in [4.69, 9.17) is 0 Å². The van der Waals surface area contributed by atoms with Crippen LogP contribution in [0.2, 0.25) is 0 Å². The molecule has 8 heteroatoms. The van der Waals surface area contributed by atoms with Gasteiger partial charge in [0.1, 0.15) is 16.5 Å². The summed E-state index contributed by atoms with van der Waals surface area (Å²) < 4.78 is 52.9. The SMILES string of the molecule is CCCCCN(Cc1ccc(F)cc1)C(=O)c1ccc(F)c(S(=O)(=O)N(C)C)c1. The lowest BCUT2D eigenvalue weighted by atomic mass is 10.1. The minimum atomic E-state index is -4.03. The third kappa shape index (κ3) is 5.83. The van der Waals surface area contributed by atoms with Gasteiger partial charge in [0.2, 0.25) is 10.0 Å². The van der Waals surface area contributed by atoms with Crippen LogP contribution in [0.3, 0.4) is 0 Å². The van der Waals surface area contributed by atoms with Crippen molar-refractivity contribution in [3.63, 3.8) is 0 Å². The fourth-order valence-electron chi connectivity index (χ4n) is 2.83. The average molecular weight is 425 g/mol. The molecule has 0 bridgehead atoms. The Balaban J connectivity index is 2.35. The molecule has 0 aliphatic heterocycles. The highest BCUT2D eigenvalue weighted by Gasteiger charge is 2.25. The minimum absolute atomic E-state index is 0.0884. The van der Waals surface area contributed by atoms with Crippen molar-refractivity contribution in [3.05, 3.63) is 65.2 Å². The average Bonchev–Trinajstić information content (AvgIpc) is 2.68. The Kier molecular flexibility index (Phi) is 7.87. The summed E-state index contributed by atoms with van der Waals surface area (Å²) in [6.45, 7) is 2.75. The van der Waals surface area contributed by atoms with Crippen molar-refractivity contribution in [2.45, 2.75) is 37.6 Å². The Bertz CT molecular complexity index is 945. The maximum absolute atomic E-state index is 14.2. The van der Waals surface area contributed by atoms with Gasteiger partial charge in [-0.2, -0.15) is 0 Å². The summed E-state index contributed by atoms with van der Waals surface area (Å²) in [7, 11) is -1.43. The van der Waals surface area contributed by atoms with E-state index in [1.165, 1.54) is 32.3 Å². The lowest BCUT2D eigenvalue weighted by Gasteiger charge is -2.23.